The van der Waals surface area contributed by atoms with E-state index < -0.39 is 29.2 Å². The molecule has 0 bridgehead atoms. The van der Waals surface area contributed by atoms with E-state index in [9.17, 15) is 35.6 Å². The first kappa shape index (κ1) is 44.8. The molecular weight excluding hydrogens is 899 g/mol. The number of benzene rings is 5. The highest BCUT2D eigenvalue weighted by Gasteiger charge is 2.44. The van der Waals surface area contributed by atoms with Crippen molar-refractivity contribution in [2.24, 2.45) is 0 Å². The van der Waals surface area contributed by atoms with E-state index in [4.69, 9.17) is 12.2 Å². The molecule has 0 radical (unpaired) electrons. The van der Waals surface area contributed by atoms with Crippen molar-refractivity contribution in [2.45, 2.75) is 46.1 Å². The second kappa shape index (κ2) is 19.8. The van der Waals surface area contributed by atoms with Crippen LogP contribution in [-0.2, 0) is 27.9 Å². The molecule has 0 atom stereocenters. The summed E-state index contributed by atoms with van der Waals surface area (Å²) in [5.74, 6) is -1.08. The van der Waals surface area contributed by atoms with E-state index in [0.717, 1.165) is 49.7 Å². The Labute approximate surface area is 372 Å². The highest BCUT2D eigenvalue weighted by atomic mass is 32.2. The first-order valence-corrected chi connectivity index (χ1v) is 22.7. The predicted molar refractivity (Wildman–Crippen MR) is 242 cm³/mol. The van der Waals surface area contributed by atoms with Gasteiger partial charge in [0.25, 0.3) is 21.5 Å². The minimum atomic E-state index is -4.32. The third-order valence-electron chi connectivity index (χ3n) is 9.39. The number of hydrogen-bond acceptors (Lipinski definition) is 11. The molecular formula is C44H37F4N5O6S4. The molecule has 0 saturated heterocycles. The molecule has 11 nitrogen and oxygen atoms in total. The monoisotopic (exact) mass is 935 g/mol. The van der Waals surface area contributed by atoms with Gasteiger partial charge in [0, 0.05) is 17.9 Å². The van der Waals surface area contributed by atoms with Crippen LogP contribution < -0.4 is 25.7 Å². The number of fused-ring (bicyclic) bond motifs is 1. The fourth-order valence-corrected chi connectivity index (χ4v) is 10.4. The second-order valence-corrected chi connectivity index (χ2v) is 18.3. The van der Waals surface area contributed by atoms with Crippen LogP contribution in [-0.4, -0.2) is 40.8 Å². The molecule has 0 fully saturated rings. The number of hydrogen-bond donors (Lipinski definition) is 3. The lowest BCUT2D eigenvalue weighted by Gasteiger charge is -2.17. The maximum Gasteiger partial charge on any atom is 0.387 e. The average Bonchev–Trinajstić information content (AvgIpc) is 3.85. The van der Waals surface area contributed by atoms with Gasteiger partial charge in [0.1, 0.15) is 27.8 Å². The van der Waals surface area contributed by atoms with Crippen LogP contribution in [0.3, 0.4) is 0 Å². The van der Waals surface area contributed by atoms with Crippen molar-refractivity contribution in [1.29, 1.82) is 0 Å². The van der Waals surface area contributed by atoms with E-state index in [-0.39, 0.29) is 45.5 Å². The predicted octanol–water partition coefficient (Wildman–Crippen LogP) is 11.4. The molecule has 19 heteroatoms. The summed E-state index contributed by atoms with van der Waals surface area (Å²) in [6.07, 6.45) is 2.05. The lowest BCUT2D eigenvalue weighted by Crippen LogP contribution is -2.31. The number of alkyl halides is 4. The van der Waals surface area contributed by atoms with Gasteiger partial charge in [-0.25, -0.2) is 12.7 Å². The van der Waals surface area contributed by atoms with Crippen molar-refractivity contribution in [3.63, 3.8) is 0 Å². The Morgan fingerprint density at radius 1 is 0.762 bits per heavy atom. The standard InChI is InChI=1S/C24H18F4N2O5S.C20H19N3OS3/c25-23(26)34-18-10-6-15(7-11-18)14-30-22(31)20(21(36(30,32)33)16-4-2-1-3-5-16)29-17-8-12-19(13-9-17)35-24(27)28;1-2-3-11-23-19(24)17(18(27-23)13-7-5-4-6-8-13)21-14-9-10-15-16(12-14)26-20(25)22-15/h1-13,23-24,29H,14H2;4-10,12,21H,2-3,11H2,1H3,(H,22,25). The molecule has 0 unspecified atom stereocenters. The minimum Gasteiger partial charge on any atom is -0.435 e. The lowest BCUT2D eigenvalue weighted by atomic mass is 10.1. The SMILES string of the molecule is CCCCn1sc(-c2ccccc2)c(Nc2ccc3[nH]c(=S)sc3c2)c1=O.O=C1C(Nc2ccc(OC(F)F)cc2)=C(c2ccccc2)S(=O)(=O)N1Cc1ccc(OC(F)F)cc1. The molecule has 326 valence electrons. The molecule has 5 aromatic carbocycles. The zero-order chi connectivity index (χ0) is 44.7. The van der Waals surface area contributed by atoms with E-state index in [2.05, 4.69) is 32.0 Å². The van der Waals surface area contributed by atoms with Gasteiger partial charge in [0.15, 0.2) is 3.95 Å². The van der Waals surface area contributed by atoms with Gasteiger partial charge >= 0.3 is 13.2 Å². The van der Waals surface area contributed by atoms with Crippen molar-refractivity contribution in [2.75, 3.05) is 10.6 Å². The van der Waals surface area contributed by atoms with Crippen molar-refractivity contribution in [3.8, 4) is 21.9 Å². The highest BCUT2D eigenvalue weighted by Crippen LogP contribution is 2.38. The summed E-state index contributed by atoms with van der Waals surface area (Å²) in [4.78, 5) is 30.2. The number of aromatic nitrogens is 2. The second-order valence-electron chi connectivity index (χ2n) is 13.7. The largest absolute Gasteiger partial charge is 0.435 e. The van der Waals surface area contributed by atoms with Gasteiger partial charge in [-0.3, -0.25) is 13.5 Å². The van der Waals surface area contributed by atoms with Gasteiger partial charge in [-0.15, -0.1) is 11.3 Å². The normalized spacial score (nSPS) is 13.4. The first-order chi connectivity index (χ1) is 30.3. The van der Waals surface area contributed by atoms with E-state index in [1.165, 1.54) is 83.5 Å². The molecule has 0 aliphatic carbocycles. The molecule has 3 N–H and O–H groups in total. The van der Waals surface area contributed by atoms with Gasteiger partial charge in [-0.2, -0.15) is 17.6 Å². The summed E-state index contributed by atoms with van der Waals surface area (Å²) in [6, 6.07) is 34.5. The first-order valence-electron chi connectivity index (χ1n) is 19.2. The molecule has 8 rings (SSSR count). The Bertz CT molecular complexity index is 2960. The van der Waals surface area contributed by atoms with Gasteiger partial charge in [0.05, 0.1) is 21.6 Å². The Balaban J connectivity index is 0.000000196. The quantitative estimate of drug-likeness (QED) is 0.0678. The van der Waals surface area contributed by atoms with Crippen molar-refractivity contribution < 1.29 is 40.2 Å². The van der Waals surface area contributed by atoms with Gasteiger partial charge in [0.2, 0.25) is 0 Å². The van der Waals surface area contributed by atoms with Crippen LogP contribution in [0.4, 0.5) is 34.6 Å². The number of rotatable bonds is 15. The molecule has 0 spiro atoms. The van der Waals surface area contributed by atoms with Gasteiger partial charge in [-0.05, 0) is 89.9 Å². The average molecular weight is 936 g/mol. The van der Waals surface area contributed by atoms with Crippen molar-refractivity contribution in [1.82, 2.24) is 13.2 Å². The molecule has 7 aromatic rings. The van der Waals surface area contributed by atoms with Crippen LogP contribution in [0.25, 0.3) is 25.6 Å². The Kier molecular flexibility index (Phi) is 14.1. The number of H-pyrrole nitrogens is 1. The van der Waals surface area contributed by atoms with Gasteiger partial charge < -0.3 is 25.1 Å². The number of aryl methyl sites for hydroxylation is 1. The summed E-state index contributed by atoms with van der Waals surface area (Å²) in [7, 11) is -4.32. The molecule has 0 saturated carbocycles. The smallest absolute Gasteiger partial charge is 0.387 e. The molecule has 1 aliphatic rings. The number of anilines is 3. The van der Waals surface area contributed by atoms with Crippen LogP contribution in [0.1, 0.15) is 30.9 Å². The molecule has 63 heavy (non-hydrogen) atoms. The number of amides is 1. The number of sulfonamides is 1. The zero-order valence-electron chi connectivity index (χ0n) is 33.1. The van der Waals surface area contributed by atoms with Crippen LogP contribution in [0, 0.1) is 3.95 Å². The summed E-state index contributed by atoms with van der Waals surface area (Å²) in [5.41, 5.74) is 4.28. The Morgan fingerprint density at radius 2 is 1.35 bits per heavy atom. The third-order valence-corrected chi connectivity index (χ3v) is 13.6. The Morgan fingerprint density at radius 3 is 1.95 bits per heavy atom. The van der Waals surface area contributed by atoms with E-state index in [0.29, 0.717) is 15.6 Å². The van der Waals surface area contributed by atoms with Crippen LogP contribution in [0.5, 0.6) is 11.5 Å². The lowest BCUT2D eigenvalue weighted by molar-refractivity contribution is -0.122. The summed E-state index contributed by atoms with van der Waals surface area (Å²) in [5, 5.41) is 6.16. The van der Waals surface area contributed by atoms with E-state index >= 15 is 0 Å². The number of nitrogens with one attached hydrogen (secondary N) is 3. The zero-order valence-corrected chi connectivity index (χ0v) is 36.4. The number of carbonyl (C=O) groups is 1. The number of halogens is 4. The van der Waals surface area contributed by atoms with E-state index in [1.54, 1.807) is 18.2 Å². The summed E-state index contributed by atoms with van der Waals surface area (Å²) < 4.78 is 89.5. The van der Waals surface area contributed by atoms with Crippen LogP contribution >= 0.6 is 35.1 Å². The number of thiazole rings is 1. The number of ether oxygens (including phenoxy) is 2. The fourth-order valence-electron chi connectivity index (χ4n) is 6.46. The number of aromatic amines is 1. The van der Waals surface area contributed by atoms with Crippen LogP contribution in [0.2, 0.25) is 0 Å². The number of carbonyl (C=O) groups excluding carboxylic acids is 1. The number of unbranched alkanes of at least 4 members (excludes halogenated alkanes) is 1. The Hall–Kier alpha value is -6.28. The molecule has 2 aromatic heterocycles. The van der Waals surface area contributed by atoms with Crippen LogP contribution in [0.15, 0.2) is 138 Å². The summed E-state index contributed by atoms with van der Waals surface area (Å²) >= 11 is 8.29. The van der Waals surface area contributed by atoms with E-state index in [1.807, 2.05) is 52.5 Å². The van der Waals surface area contributed by atoms with Crippen molar-refractivity contribution >= 4 is 83.2 Å². The maximum atomic E-state index is 13.5. The fraction of sp³-hybridized carbons (Fsp3) is 0.159. The van der Waals surface area contributed by atoms with Crippen molar-refractivity contribution in [3.05, 3.63) is 159 Å². The maximum absolute atomic E-state index is 13.5. The third kappa shape index (κ3) is 10.7. The highest BCUT2D eigenvalue weighted by molar-refractivity contribution is 7.99. The molecule has 1 amide bonds. The molecule has 3 heterocycles. The topological polar surface area (TPSA) is 135 Å². The molecule has 1 aliphatic heterocycles. The van der Waals surface area contributed by atoms with Gasteiger partial charge in [-0.1, -0.05) is 97.7 Å². The number of nitrogens with zero attached hydrogens (tertiary/aromatic N) is 2. The summed E-state index contributed by atoms with van der Waals surface area (Å²) in [6.45, 7) is -3.50. The minimum absolute atomic E-state index is 0.0362.